The molecule has 0 heterocycles. The molecule has 0 aliphatic carbocycles. The van der Waals surface area contributed by atoms with Crippen molar-refractivity contribution in [3.63, 3.8) is 0 Å². The maximum Gasteiger partial charge on any atom is 0.416 e. The molecule has 4 heteroatoms. The van der Waals surface area contributed by atoms with Crippen LogP contribution in [0.1, 0.15) is 24.0 Å². The third-order valence-corrected chi connectivity index (χ3v) is 2.09. The summed E-state index contributed by atoms with van der Waals surface area (Å²) < 4.78 is 42.2. The number of rotatable bonds is 2. The molecular weight excluding hydrogens is 205 g/mol. The number of benzene rings is 1. The predicted molar refractivity (Wildman–Crippen MR) is 51.8 cm³/mol. The molecule has 0 N–H and O–H groups in total. The first kappa shape index (κ1) is 11.9. The molecule has 1 aromatic carbocycles. The molecule has 1 atom stereocenters. The van der Waals surface area contributed by atoms with E-state index < -0.39 is 11.7 Å². The molecule has 0 saturated carbocycles. The van der Waals surface area contributed by atoms with Crippen LogP contribution in [0.4, 0.5) is 13.2 Å². The first-order valence-corrected chi connectivity index (χ1v) is 4.44. The van der Waals surface area contributed by atoms with Gasteiger partial charge in [0.1, 0.15) is 5.75 Å². The Labute approximate surface area is 86.9 Å². The summed E-state index contributed by atoms with van der Waals surface area (Å²) in [6.45, 7) is 5.41. The van der Waals surface area contributed by atoms with Crippen molar-refractivity contribution in [1.29, 1.82) is 0 Å². The first-order chi connectivity index (χ1) is 6.86. The second kappa shape index (κ2) is 4.13. The second-order valence-corrected chi connectivity index (χ2v) is 3.36. The van der Waals surface area contributed by atoms with Gasteiger partial charge in [-0.3, -0.25) is 0 Å². The molecule has 0 aromatic heterocycles. The highest BCUT2D eigenvalue weighted by Gasteiger charge is 2.31. The monoisotopic (exact) mass is 217 g/mol. The molecule has 0 amide bonds. The van der Waals surface area contributed by atoms with Gasteiger partial charge in [0, 0.05) is 0 Å². The zero-order valence-electron chi connectivity index (χ0n) is 8.56. The molecule has 0 spiro atoms. The molecule has 83 valence electrons. The highest BCUT2D eigenvalue weighted by Crippen LogP contribution is 2.34. The number of methoxy groups -OCH3 is 1. The standard InChI is InChI=1S/C11H12F3O/c1-7(2)9-6-8(11(12,13)14)4-5-10(9)15-3/h4-7H,1H2,2-3H3. The van der Waals surface area contributed by atoms with Crippen molar-refractivity contribution in [2.24, 2.45) is 0 Å². The zero-order valence-corrected chi connectivity index (χ0v) is 8.56. The smallest absolute Gasteiger partial charge is 0.416 e. The van der Waals surface area contributed by atoms with Gasteiger partial charge in [0.25, 0.3) is 0 Å². The summed E-state index contributed by atoms with van der Waals surface area (Å²) in [5.74, 6) is 0.188. The molecule has 0 aliphatic heterocycles. The minimum absolute atomic E-state index is 0.248. The van der Waals surface area contributed by atoms with Crippen molar-refractivity contribution in [3.05, 3.63) is 36.2 Å². The van der Waals surface area contributed by atoms with E-state index in [-0.39, 0.29) is 5.92 Å². The lowest BCUT2D eigenvalue weighted by Crippen LogP contribution is -2.06. The summed E-state index contributed by atoms with van der Waals surface area (Å²) >= 11 is 0. The Kier molecular flexibility index (Phi) is 3.27. The van der Waals surface area contributed by atoms with Gasteiger partial charge in [0.05, 0.1) is 12.7 Å². The number of ether oxygens (including phenoxy) is 1. The molecule has 1 aromatic rings. The molecular formula is C11H12F3O. The summed E-state index contributed by atoms with van der Waals surface area (Å²) in [7, 11) is 1.43. The van der Waals surface area contributed by atoms with Crippen LogP contribution in [-0.2, 0) is 6.18 Å². The number of hydrogen-bond acceptors (Lipinski definition) is 1. The Morgan fingerprint density at radius 1 is 1.33 bits per heavy atom. The van der Waals surface area contributed by atoms with Crippen LogP contribution in [0.15, 0.2) is 18.2 Å². The van der Waals surface area contributed by atoms with Crippen LogP contribution < -0.4 is 4.74 Å². The van der Waals surface area contributed by atoms with E-state index in [1.165, 1.54) is 13.2 Å². The topological polar surface area (TPSA) is 9.23 Å². The van der Waals surface area contributed by atoms with Crippen LogP contribution in [0.3, 0.4) is 0 Å². The summed E-state index contributed by atoms with van der Waals surface area (Å²) in [4.78, 5) is 0. The average molecular weight is 217 g/mol. The van der Waals surface area contributed by atoms with Crippen molar-refractivity contribution < 1.29 is 17.9 Å². The maximum atomic E-state index is 12.4. The average Bonchev–Trinajstić information content (AvgIpc) is 2.15. The fourth-order valence-electron chi connectivity index (χ4n) is 1.30. The molecule has 0 aliphatic rings. The largest absolute Gasteiger partial charge is 0.496 e. The molecule has 15 heavy (non-hydrogen) atoms. The van der Waals surface area contributed by atoms with Crippen molar-refractivity contribution in [1.82, 2.24) is 0 Å². The molecule has 1 rings (SSSR count). The predicted octanol–water partition coefficient (Wildman–Crippen LogP) is 3.65. The van der Waals surface area contributed by atoms with E-state index in [4.69, 9.17) is 4.74 Å². The maximum absolute atomic E-state index is 12.4. The lowest BCUT2D eigenvalue weighted by atomic mass is 9.99. The number of alkyl halides is 3. The van der Waals surface area contributed by atoms with Crippen molar-refractivity contribution >= 4 is 0 Å². The van der Waals surface area contributed by atoms with Crippen molar-refractivity contribution in [2.75, 3.05) is 7.11 Å². The van der Waals surface area contributed by atoms with Gasteiger partial charge in [-0.15, -0.1) is 0 Å². The van der Waals surface area contributed by atoms with Gasteiger partial charge in [-0.25, -0.2) is 0 Å². The summed E-state index contributed by atoms with van der Waals surface area (Å²) in [5.41, 5.74) is -0.207. The molecule has 1 radical (unpaired) electrons. The lowest BCUT2D eigenvalue weighted by molar-refractivity contribution is -0.137. The van der Waals surface area contributed by atoms with E-state index >= 15 is 0 Å². The van der Waals surface area contributed by atoms with Gasteiger partial charge in [-0.2, -0.15) is 13.2 Å². The van der Waals surface area contributed by atoms with Gasteiger partial charge < -0.3 is 4.74 Å². The van der Waals surface area contributed by atoms with E-state index in [0.29, 0.717) is 11.3 Å². The molecule has 0 bridgehead atoms. The molecule has 0 saturated heterocycles. The first-order valence-electron chi connectivity index (χ1n) is 4.44. The number of halogens is 3. The van der Waals surface area contributed by atoms with Crippen LogP contribution in [0.25, 0.3) is 0 Å². The van der Waals surface area contributed by atoms with Crippen LogP contribution in [0.5, 0.6) is 5.75 Å². The van der Waals surface area contributed by atoms with Gasteiger partial charge in [0.2, 0.25) is 0 Å². The van der Waals surface area contributed by atoms with Gasteiger partial charge in [-0.1, -0.05) is 6.92 Å². The molecule has 1 nitrogen and oxygen atoms in total. The normalized spacial score (nSPS) is 11.9. The third-order valence-electron chi connectivity index (χ3n) is 2.09. The summed E-state index contributed by atoms with van der Waals surface area (Å²) in [6.07, 6.45) is -4.32. The van der Waals surface area contributed by atoms with Crippen LogP contribution >= 0.6 is 0 Å². The summed E-state index contributed by atoms with van der Waals surface area (Å²) in [5, 5.41) is 0. The minimum Gasteiger partial charge on any atom is -0.496 e. The SMILES string of the molecule is [CH2]C(C)c1cc(C(F)(F)F)ccc1OC. The van der Waals surface area contributed by atoms with Gasteiger partial charge in [-0.05, 0) is 36.6 Å². The van der Waals surface area contributed by atoms with Crippen LogP contribution in [0.2, 0.25) is 0 Å². The molecule has 0 fully saturated rings. The Hall–Kier alpha value is -1.19. The van der Waals surface area contributed by atoms with Gasteiger partial charge >= 0.3 is 6.18 Å². The third kappa shape index (κ3) is 2.64. The quantitative estimate of drug-likeness (QED) is 0.734. The Balaban J connectivity index is 3.22. The molecule has 1 unspecified atom stereocenters. The van der Waals surface area contributed by atoms with E-state index in [9.17, 15) is 13.2 Å². The lowest BCUT2D eigenvalue weighted by Gasteiger charge is -2.14. The van der Waals surface area contributed by atoms with E-state index in [0.717, 1.165) is 12.1 Å². The van der Waals surface area contributed by atoms with Crippen LogP contribution in [-0.4, -0.2) is 7.11 Å². The fraction of sp³-hybridized carbons (Fsp3) is 0.364. The van der Waals surface area contributed by atoms with E-state index in [1.54, 1.807) is 6.92 Å². The second-order valence-electron chi connectivity index (χ2n) is 3.36. The summed E-state index contributed by atoms with van der Waals surface area (Å²) in [6, 6.07) is 3.40. The minimum atomic E-state index is -4.32. The highest BCUT2D eigenvalue weighted by atomic mass is 19.4. The van der Waals surface area contributed by atoms with Crippen LogP contribution in [0, 0.1) is 6.92 Å². The Morgan fingerprint density at radius 2 is 1.93 bits per heavy atom. The highest BCUT2D eigenvalue weighted by molar-refractivity contribution is 5.40. The Bertz CT molecular complexity index is 342. The van der Waals surface area contributed by atoms with Gasteiger partial charge in [0.15, 0.2) is 0 Å². The zero-order chi connectivity index (χ0) is 11.6. The van der Waals surface area contributed by atoms with Crippen molar-refractivity contribution in [2.45, 2.75) is 19.0 Å². The van der Waals surface area contributed by atoms with E-state index in [2.05, 4.69) is 6.92 Å². The van der Waals surface area contributed by atoms with E-state index in [1.807, 2.05) is 0 Å². The van der Waals surface area contributed by atoms with Crippen molar-refractivity contribution in [3.8, 4) is 5.75 Å². The fourth-order valence-corrected chi connectivity index (χ4v) is 1.30. The Morgan fingerprint density at radius 3 is 2.33 bits per heavy atom. The number of hydrogen-bond donors (Lipinski definition) is 0.